The summed E-state index contributed by atoms with van der Waals surface area (Å²) in [5, 5.41) is 6.40. The molecule has 0 spiro atoms. The summed E-state index contributed by atoms with van der Waals surface area (Å²) in [5.41, 5.74) is 1.28. The molecule has 0 saturated carbocycles. The lowest BCUT2D eigenvalue weighted by Gasteiger charge is -2.12. The van der Waals surface area contributed by atoms with Crippen LogP contribution in [0.3, 0.4) is 0 Å². The lowest BCUT2D eigenvalue weighted by Crippen LogP contribution is -2.39. The molecule has 1 aromatic carbocycles. The standard InChI is InChI=1S/C15H26N4O2S.HI/c1-3-22(20,21)19-12-7-11-17-15(16-2)18-13-10-14-8-5-4-6-9-14;/h4-6,8-9,19H,3,7,10-13H2,1-2H3,(H2,16,17,18);1H. The number of nitrogens with one attached hydrogen (secondary N) is 3. The summed E-state index contributed by atoms with van der Waals surface area (Å²) in [7, 11) is -1.37. The molecule has 8 heteroatoms. The van der Waals surface area contributed by atoms with E-state index in [1.165, 1.54) is 5.56 Å². The minimum atomic E-state index is -3.09. The second kappa shape index (κ2) is 12.5. The average Bonchev–Trinajstić information content (AvgIpc) is 2.53. The maximum absolute atomic E-state index is 11.3. The van der Waals surface area contributed by atoms with Crippen LogP contribution in [0.5, 0.6) is 0 Å². The number of guanidine groups is 1. The van der Waals surface area contributed by atoms with E-state index in [2.05, 4.69) is 32.5 Å². The molecule has 0 unspecified atom stereocenters. The minimum absolute atomic E-state index is 0. The van der Waals surface area contributed by atoms with Crippen molar-refractivity contribution in [1.29, 1.82) is 0 Å². The van der Waals surface area contributed by atoms with Crippen molar-refractivity contribution in [1.82, 2.24) is 15.4 Å². The Labute approximate surface area is 156 Å². The van der Waals surface area contributed by atoms with Crippen molar-refractivity contribution in [2.45, 2.75) is 19.8 Å². The molecule has 0 aliphatic rings. The van der Waals surface area contributed by atoms with Gasteiger partial charge in [-0.15, -0.1) is 24.0 Å². The van der Waals surface area contributed by atoms with E-state index in [0.29, 0.717) is 19.5 Å². The first-order valence-corrected chi connectivity index (χ1v) is 9.18. The van der Waals surface area contributed by atoms with Gasteiger partial charge in [0.25, 0.3) is 0 Å². The molecule has 0 bridgehead atoms. The van der Waals surface area contributed by atoms with Gasteiger partial charge in [0.1, 0.15) is 0 Å². The Morgan fingerprint density at radius 2 is 1.74 bits per heavy atom. The Morgan fingerprint density at radius 3 is 2.35 bits per heavy atom. The number of nitrogens with zero attached hydrogens (tertiary/aromatic N) is 1. The zero-order chi connectivity index (χ0) is 16.3. The van der Waals surface area contributed by atoms with Gasteiger partial charge in [0.05, 0.1) is 5.75 Å². The zero-order valence-corrected chi connectivity index (χ0v) is 16.9. The molecule has 3 N–H and O–H groups in total. The molecule has 1 aromatic rings. The number of rotatable bonds is 9. The van der Waals surface area contributed by atoms with Crippen LogP contribution >= 0.6 is 24.0 Å². The number of benzene rings is 1. The van der Waals surface area contributed by atoms with Crippen LogP contribution in [0.1, 0.15) is 18.9 Å². The molecule has 0 heterocycles. The molecule has 0 aliphatic heterocycles. The predicted octanol–water partition coefficient (Wildman–Crippen LogP) is 1.34. The minimum Gasteiger partial charge on any atom is -0.356 e. The normalized spacial score (nSPS) is 11.7. The van der Waals surface area contributed by atoms with Crippen molar-refractivity contribution in [3.05, 3.63) is 35.9 Å². The molecule has 0 aliphatic carbocycles. The van der Waals surface area contributed by atoms with Crippen molar-refractivity contribution in [2.24, 2.45) is 4.99 Å². The monoisotopic (exact) mass is 454 g/mol. The number of halogens is 1. The molecule has 0 aromatic heterocycles. The van der Waals surface area contributed by atoms with Crippen molar-refractivity contribution in [2.75, 3.05) is 32.4 Å². The van der Waals surface area contributed by atoms with E-state index in [9.17, 15) is 8.42 Å². The Hall–Kier alpha value is -0.870. The first-order chi connectivity index (χ1) is 10.6. The summed E-state index contributed by atoms with van der Waals surface area (Å²) in [6.07, 6.45) is 1.64. The summed E-state index contributed by atoms with van der Waals surface area (Å²) in [6, 6.07) is 10.2. The third-order valence-corrected chi connectivity index (χ3v) is 4.52. The zero-order valence-electron chi connectivity index (χ0n) is 13.7. The fourth-order valence-corrected chi connectivity index (χ4v) is 2.47. The fraction of sp³-hybridized carbons (Fsp3) is 0.533. The number of aliphatic imine (C=N–C) groups is 1. The summed E-state index contributed by atoms with van der Waals surface area (Å²) in [5.74, 6) is 0.845. The van der Waals surface area contributed by atoms with Gasteiger partial charge in [-0.3, -0.25) is 4.99 Å². The van der Waals surface area contributed by atoms with E-state index in [0.717, 1.165) is 18.9 Å². The molecule has 1 rings (SSSR count). The van der Waals surface area contributed by atoms with Crippen molar-refractivity contribution < 1.29 is 8.42 Å². The second-order valence-electron chi connectivity index (χ2n) is 4.81. The average molecular weight is 454 g/mol. The highest BCUT2D eigenvalue weighted by atomic mass is 127. The smallest absolute Gasteiger partial charge is 0.211 e. The first-order valence-electron chi connectivity index (χ1n) is 7.53. The molecule has 0 atom stereocenters. The summed E-state index contributed by atoms with van der Waals surface area (Å²) in [4.78, 5) is 4.14. The van der Waals surface area contributed by atoms with Crippen LogP contribution in [0.4, 0.5) is 0 Å². The predicted molar refractivity (Wildman–Crippen MR) is 107 cm³/mol. The van der Waals surface area contributed by atoms with E-state index in [-0.39, 0.29) is 29.7 Å². The molecule has 0 saturated heterocycles. The Balaban J connectivity index is 0.00000484. The van der Waals surface area contributed by atoms with Crippen LogP contribution in [0.25, 0.3) is 0 Å². The number of hydrogen-bond donors (Lipinski definition) is 3. The van der Waals surface area contributed by atoms with Gasteiger partial charge in [-0.25, -0.2) is 13.1 Å². The lowest BCUT2D eigenvalue weighted by atomic mass is 10.1. The molecule has 0 radical (unpaired) electrons. The fourth-order valence-electron chi connectivity index (χ4n) is 1.82. The van der Waals surface area contributed by atoms with Gasteiger partial charge in [-0.05, 0) is 25.3 Å². The second-order valence-corrected chi connectivity index (χ2v) is 6.91. The van der Waals surface area contributed by atoms with Gasteiger partial charge in [0.2, 0.25) is 10.0 Å². The van der Waals surface area contributed by atoms with Crippen LogP contribution in [0, 0.1) is 0 Å². The Morgan fingerprint density at radius 1 is 1.09 bits per heavy atom. The summed E-state index contributed by atoms with van der Waals surface area (Å²) < 4.78 is 25.1. The quantitative estimate of drug-likeness (QED) is 0.228. The molecular formula is C15H27IN4O2S. The maximum atomic E-state index is 11.3. The van der Waals surface area contributed by atoms with Crippen LogP contribution < -0.4 is 15.4 Å². The third-order valence-electron chi connectivity index (χ3n) is 3.12. The SMILES string of the molecule is CCS(=O)(=O)NCCCNC(=NC)NCCc1ccccc1.I. The van der Waals surface area contributed by atoms with Crippen molar-refractivity contribution >= 4 is 40.0 Å². The van der Waals surface area contributed by atoms with Crippen LogP contribution in [0.2, 0.25) is 0 Å². The van der Waals surface area contributed by atoms with Crippen molar-refractivity contribution in [3.8, 4) is 0 Å². The Bertz CT molecular complexity index is 550. The van der Waals surface area contributed by atoms with Gasteiger partial charge >= 0.3 is 0 Å². The molecule has 0 fully saturated rings. The lowest BCUT2D eigenvalue weighted by molar-refractivity contribution is 0.579. The highest BCUT2D eigenvalue weighted by molar-refractivity contribution is 14.0. The molecule has 23 heavy (non-hydrogen) atoms. The molecular weight excluding hydrogens is 427 g/mol. The van der Waals surface area contributed by atoms with Gasteiger partial charge < -0.3 is 10.6 Å². The Kier molecular flexibility index (Phi) is 12.1. The van der Waals surface area contributed by atoms with E-state index in [4.69, 9.17) is 0 Å². The van der Waals surface area contributed by atoms with Crippen LogP contribution in [-0.2, 0) is 16.4 Å². The van der Waals surface area contributed by atoms with Gasteiger partial charge in [-0.2, -0.15) is 0 Å². The van der Waals surface area contributed by atoms with Gasteiger partial charge in [0, 0.05) is 26.7 Å². The van der Waals surface area contributed by atoms with E-state index < -0.39 is 10.0 Å². The van der Waals surface area contributed by atoms with E-state index >= 15 is 0 Å². The largest absolute Gasteiger partial charge is 0.356 e. The summed E-state index contributed by atoms with van der Waals surface area (Å²) >= 11 is 0. The van der Waals surface area contributed by atoms with E-state index in [1.807, 2.05) is 18.2 Å². The number of hydrogen-bond acceptors (Lipinski definition) is 3. The van der Waals surface area contributed by atoms with Crippen LogP contribution in [0.15, 0.2) is 35.3 Å². The molecule has 0 amide bonds. The molecule has 132 valence electrons. The first kappa shape index (κ1) is 22.1. The van der Waals surface area contributed by atoms with Gasteiger partial charge in [-0.1, -0.05) is 30.3 Å². The molecule has 6 nitrogen and oxygen atoms in total. The topological polar surface area (TPSA) is 82.6 Å². The summed E-state index contributed by atoms with van der Waals surface area (Å²) in [6.45, 7) is 3.52. The number of sulfonamides is 1. The van der Waals surface area contributed by atoms with Crippen LogP contribution in [-0.4, -0.2) is 46.8 Å². The van der Waals surface area contributed by atoms with Gasteiger partial charge in [0.15, 0.2) is 5.96 Å². The van der Waals surface area contributed by atoms with Crippen molar-refractivity contribution in [3.63, 3.8) is 0 Å². The highest BCUT2D eigenvalue weighted by Gasteiger charge is 2.04. The van der Waals surface area contributed by atoms with E-state index in [1.54, 1.807) is 14.0 Å². The third kappa shape index (κ3) is 10.5. The maximum Gasteiger partial charge on any atom is 0.211 e. The highest BCUT2D eigenvalue weighted by Crippen LogP contribution is 1.97.